The van der Waals surface area contributed by atoms with Crippen molar-refractivity contribution in [2.75, 3.05) is 33.5 Å². The van der Waals surface area contributed by atoms with Gasteiger partial charge in [-0.1, -0.05) is 39.1 Å². The number of hydrazone groups is 1. The van der Waals surface area contributed by atoms with E-state index in [0.29, 0.717) is 92.7 Å². The van der Waals surface area contributed by atoms with Crippen LogP contribution >= 0.6 is 0 Å². The summed E-state index contributed by atoms with van der Waals surface area (Å²) >= 11 is 0. The molecular weight excluding hydrogens is 753 g/mol. The van der Waals surface area contributed by atoms with Crippen LogP contribution in [-0.4, -0.2) is 68.1 Å². The van der Waals surface area contributed by atoms with Crippen molar-refractivity contribution in [2.24, 2.45) is 5.10 Å². The van der Waals surface area contributed by atoms with Gasteiger partial charge in [0.1, 0.15) is 23.0 Å². The number of benzene rings is 4. The van der Waals surface area contributed by atoms with Gasteiger partial charge < -0.3 is 28.4 Å². The quantitative estimate of drug-likeness (QED) is 0.0167. The topological polar surface area (TPSA) is 139 Å². The lowest BCUT2D eigenvalue weighted by Crippen LogP contribution is -2.21. The Morgan fingerprint density at radius 3 is 1.37 bits per heavy atom. The SMILES string of the molecule is C=CC(=O)OCCCCOc1ccc(C(=O)Oc2ccc(/C(CC)=N/N(C)C(CC)c3ccc(OC(=O)c4ccc(OCCCCOC(=O)C=C)cc4)cc3)cc2)cc1. The summed E-state index contributed by atoms with van der Waals surface area (Å²) in [4.78, 5) is 47.9. The van der Waals surface area contributed by atoms with Crippen LogP contribution in [0.1, 0.15) is 90.3 Å². The van der Waals surface area contributed by atoms with Gasteiger partial charge in [-0.2, -0.15) is 5.10 Å². The van der Waals surface area contributed by atoms with Gasteiger partial charge in [0.2, 0.25) is 0 Å². The minimum Gasteiger partial charge on any atom is -0.494 e. The largest absolute Gasteiger partial charge is 0.494 e. The van der Waals surface area contributed by atoms with Gasteiger partial charge in [-0.05, 0) is 135 Å². The van der Waals surface area contributed by atoms with Crippen LogP contribution in [0.5, 0.6) is 23.0 Å². The molecule has 0 aliphatic carbocycles. The van der Waals surface area contributed by atoms with E-state index in [1.165, 1.54) is 0 Å². The van der Waals surface area contributed by atoms with Gasteiger partial charge in [-0.3, -0.25) is 5.01 Å². The fourth-order valence-corrected chi connectivity index (χ4v) is 5.74. The Morgan fingerprint density at radius 2 is 0.966 bits per heavy atom. The highest BCUT2D eigenvalue weighted by atomic mass is 16.5. The predicted molar refractivity (Wildman–Crippen MR) is 225 cm³/mol. The number of unbranched alkanes of at least 4 members (excludes halogenated alkanes) is 2. The second-order valence-corrected chi connectivity index (χ2v) is 13.2. The molecule has 59 heavy (non-hydrogen) atoms. The number of rotatable bonds is 24. The highest BCUT2D eigenvalue weighted by Crippen LogP contribution is 2.27. The number of nitrogens with zero attached hydrogens (tertiary/aromatic N) is 2. The Labute approximate surface area is 346 Å². The average Bonchev–Trinajstić information content (AvgIpc) is 3.26. The Kier molecular flexibility index (Phi) is 18.4. The minimum absolute atomic E-state index is 0.0398. The van der Waals surface area contributed by atoms with Crippen molar-refractivity contribution >= 4 is 29.6 Å². The van der Waals surface area contributed by atoms with E-state index in [2.05, 4.69) is 20.1 Å². The van der Waals surface area contributed by atoms with Gasteiger partial charge >= 0.3 is 23.9 Å². The fourth-order valence-electron chi connectivity index (χ4n) is 5.74. The van der Waals surface area contributed by atoms with Crippen molar-refractivity contribution in [3.63, 3.8) is 0 Å². The molecule has 0 saturated heterocycles. The first kappa shape index (κ1) is 45.0. The second kappa shape index (κ2) is 24.2. The molecule has 12 heteroatoms. The maximum absolute atomic E-state index is 12.9. The highest BCUT2D eigenvalue weighted by Gasteiger charge is 2.17. The van der Waals surface area contributed by atoms with Crippen LogP contribution in [0.3, 0.4) is 0 Å². The molecule has 1 unspecified atom stereocenters. The van der Waals surface area contributed by atoms with Gasteiger partial charge in [-0.15, -0.1) is 0 Å². The summed E-state index contributed by atoms with van der Waals surface area (Å²) in [6.45, 7) is 12.4. The van der Waals surface area contributed by atoms with Gasteiger partial charge in [0.15, 0.2) is 0 Å². The molecule has 0 aromatic heterocycles. The van der Waals surface area contributed by atoms with Crippen LogP contribution in [-0.2, 0) is 19.1 Å². The summed E-state index contributed by atoms with van der Waals surface area (Å²) in [5.41, 5.74) is 3.56. The van der Waals surface area contributed by atoms with E-state index in [4.69, 9.17) is 33.5 Å². The first-order valence-corrected chi connectivity index (χ1v) is 19.6. The first-order chi connectivity index (χ1) is 28.6. The molecule has 0 bridgehead atoms. The smallest absolute Gasteiger partial charge is 0.343 e. The normalized spacial score (nSPS) is 11.4. The van der Waals surface area contributed by atoms with E-state index < -0.39 is 23.9 Å². The second-order valence-electron chi connectivity index (χ2n) is 13.2. The van der Waals surface area contributed by atoms with E-state index in [9.17, 15) is 19.2 Å². The Bertz CT molecular complexity index is 2010. The first-order valence-electron chi connectivity index (χ1n) is 19.6. The van der Waals surface area contributed by atoms with Crippen LogP contribution in [0.25, 0.3) is 0 Å². The third kappa shape index (κ3) is 15.0. The maximum Gasteiger partial charge on any atom is 0.343 e. The molecule has 12 nitrogen and oxygen atoms in total. The minimum atomic E-state index is -0.487. The average molecular weight is 805 g/mol. The van der Waals surface area contributed by atoms with E-state index in [0.717, 1.165) is 35.4 Å². The molecule has 0 spiro atoms. The monoisotopic (exact) mass is 804 g/mol. The molecule has 0 aliphatic heterocycles. The number of esters is 4. The summed E-state index contributed by atoms with van der Waals surface area (Å²) < 4.78 is 32.6. The fraction of sp³-hybridized carbons (Fsp3) is 0.298. The molecule has 0 saturated carbocycles. The molecule has 4 aromatic carbocycles. The molecule has 0 aliphatic rings. The van der Waals surface area contributed by atoms with Crippen LogP contribution < -0.4 is 18.9 Å². The summed E-state index contributed by atoms with van der Waals surface area (Å²) in [6.07, 6.45) is 6.47. The van der Waals surface area contributed by atoms with E-state index in [-0.39, 0.29) is 6.04 Å². The number of carbonyl (C=O) groups excluding carboxylic acids is 4. The van der Waals surface area contributed by atoms with E-state index >= 15 is 0 Å². The van der Waals surface area contributed by atoms with Crippen molar-refractivity contribution < 1.29 is 47.6 Å². The lowest BCUT2D eigenvalue weighted by molar-refractivity contribution is -0.138. The lowest BCUT2D eigenvalue weighted by atomic mass is 10.0. The molecule has 4 rings (SSSR count). The standard InChI is InChI=1S/C47H52N2O10/c1-6-42(34-14-26-40(27-15-34)58-46(52)36-18-22-38(23-19-36)54-30-10-12-32-56-44(50)8-3)48-49(5)43(7-2)35-16-28-41(29-17-35)59-47(53)37-20-24-39(25-21-37)55-31-11-13-33-57-45(51)9-4/h8-9,14-29,43H,3-4,6-7,10-13,30-33H2,1-2,5H3/b48-42+. The summed E-state index contributed by atoms with van der Waals surface area (Å²) in [5, 5.41) is 6.89. The lowest BCUT2D eigenvalue weighted by Gasteiger charge is -2.26. The Balaban J connectivity index is 1.25. The molecule has 1 atom stereocenters. The van der Waals surface area contributed by atoms with Gasteiger partial charge in [0.05, 0.1) is 49.3 Å². The third-order valence-electron chi connectivity index (χ3n) is 8.94. The van der Waals surface area contributed by atoms with E-state index in [1.54, 1.807) is 72.8 Å². The summed E-state index contributed by atoms with van der Waals surface area (Å²) in [6, 6.07) is 28.1. The van der Waals surface area contributed by atoms with Crippen LogP contribution in [0.2, 0.25) is 0 Å². The van der Waals surface area contributed by atoms with Crippen molar-refractivity contribution in [3.8, 4) is 23.0 Å². The molecule has 310 valence electrons. The number of hydrogen-bond donors (Lipinski definition) is 0. The van der Waals surface area contributed by atoms with Gasteiger partial charge in [0.25, 0.3) is 0 Å². The Morgan fingerprint density at radius 1 is 0.576 bits per heavy atom. The molecular formula is C47H52N2O10. The van der Waals surface area contributed by atoms with E-state index in [1.807, 2.05) is 43.2 Å². The number of carbonyl (C=O) groups is 4. The van der Waals surface area contributed by atoms with Crippen LogP contribution in [0, 0.1) is 0 Å². The number of hydrogen-bond acceptors (Lipinski definition) is 12. The van der Waals surface area contributed by atoms with Crippen molar-refractivity contribution in [3.05, 3.63) is 145 Å². The van der Waals surface area contributed by atoms with Crippen LogP contribution in [0.4, 0.5) is 0 Å². The molecule has 0 N–H and O–H groups in total. The molecule has 0 amide bonds. The highest BCUT2D eigenvalue weighted by molar-refractivity contribution is 6.00. The maximum atomic E-state index is 12.9. The van der Waals surface area contributed by atoms with Crippen molar-refractivity contribution in [1.82, 2.24) is 5.01 Å². The zero-order valence-corrected chi connectivity index (χ0v) is 33.9. The van der Waals surface area contributed by atoms with Crippen LogP contribution in [0.15, 0.2) is 127 Å². The van der Waals surface area contributed by atoms with Crippen molar-refractivity contribution in [2.45, 2.75) is 58.4 Å². The molecule has 4 aromatic rings. The Hall–Kier alpha value is -6.69. The summed E-state index contributed by atoms with van der Waals surface area (Å²) in [7, 11) is 1.93. The van der Waals surface area contributed by atoms with Crippen molar-refractivity contribution in [1.29, 1.82) is 0 Å². The zero-order chi connectivity index (χ0) is 42.4. The predicted octanol–water partition coefficient (Wildman–Crippen LogP) is 9.10. The zero-order valence-electron chi connectivity index (χ0n) is 33.9. The molecule has 0 heterocycles. The molecule has 0 fully saturated rings. The summed E-state index contributed by atoms with van der Waals surface area (Å²) in [5.74, 6) is 0.226. The van der Waals surface area contributed by atoms with Gasteiger partial charge in [-0.25, -0.2) is 19.2 Å². The van der Waals surface area contributed by atoms with Gasteiger partial charge in [0, 0.05) is 19.2 Å². The number of ether oxygens (including phenoxy) is 6. The third-order valence-corrected chi connectivity index (χ3v) is 8.94. The molecule has 0 radical (unpaired) electrons.